The average Bonchev–Trinajstić information content (AvgIpc) is 2.43. The number of hydrogen-bond acceptors (Lipinski definition) is 4. The van der Waals surface area contributed by atoms with Gasteiger partial charge >= 0.3 is 0 Å². The Hall–Kier alpha value is -1.66. The Labute approximate surface area is 110 Å². The van der Waals surface area contributed by atoms with Crippen LogP contribution in [0, 0.1) is 5.82 Å². The van der Waals surface area contributed by atoms with Gasteiger partial charge in [-0.25, -0.2) is 4.39 Å². The molecule has 1 amide bonds. The predicted molar refractivity (Wildman–Crippen MR) is 68.1 cm³/mol. The van der Waals surface area contributed by atoms with Crippen LogP contribution in [0.2, 0.25) is 0 Å². The molecular weight excluding hydrogens is 251 g/mol. The van der Waals surface area contributed by atoms with Gasteiger partial charge in [0, 0.05) is 18.8 Å². The summed E-state index contributed by atoms with van der Waals surface area (Å²) < 4.78 is 18.5. The quantitative estimate of drug-likeness (QED) is 0.704. The van der Waals surface area contributed by atoms with Gasteiger partial charge in [-0.3, -0.25) is 4.79 Å². The van der Waals surface area contributed by atoms with E-state index in [0.29, 0.717) is 26.1 Å². The predicted octanol–water partition coefficient (Wildman–Crippen LogP) is 0.679. The maximum atomic E-state index is 13.3. The molecule has 1 fully saturated rings. The molecule has 0 radical (unpaired) electrons. The monoisotopic (exact) mass is 268 g/mol. The molecular formula is C13H17FN2O3. The van der Waals surface area contributed by atoms with Crippen molar-refractivity contribution in [3.63, 3.8) is 0 Å². The van der Waals surface area contributed by atoms with Crippen LogP contribution in [0.5, 0.6) is 0 Å². The molecule has 6 heteroatoms. The van der Waals surface area contributed by atoms with E-state index in [1.165, 1.54) is 12.1 Å². The SMILES string of the molecule is Nc1ccc(C(=O)NC2(CO)CCOCC2)cc1F. The number of amides is 1. The maximum absolute atomic E-state index is 13.3. The molecule has 0 atom stereocenters. The van der Waals surface area contributed by atoms with Gasteiger partial charge in [-0.15, -0.1) is 0 Å². The number of halogens is 1. The number of nitrogens with two attached hydrogens (primary N) is 1. The van der Waals surface area contributed by atoms with Crippen molar-refractivity contribution in [2.24, 2.45) is 0 Å². The van der Waals surface area contributed by atoms with Crippen molar-refractivity contribution < 1.29 is 19.0 Å². The highest BCUT2D eigenvalue weighted by Gasteiger charge is 2.33. The topological polar surface area (TPSA) is 84.6 Å². The number of anilines is 1. The Morgan fingerprint density at radius 3 is 2.74 bits per heavy atom. The minimum absolute atomic E-state index is 0.000474. The maximum Gasteiger partial charge on any atom is 0.251 e. The molecule has 0 spiro atoms. The lowest BCUT2D eigenvalue weighted by atomic mass is 9.90. The molecule has 1 aromatic carbocycles. The number of aliphatic hydroxyl groups is 1. The number of carbonyl (C=O) groups excluding carboxylic acids is 1. The smallest absolute Gasteiger partial charge is 0.251 e. The Morgan fingerprint density at radius 1 is 1.47 bits per heavy atom. The van der Waals surface area contributed by atoms with Gasteiger partial charge in [-0.2, -0.15) is 0 Å². The summed E-state index contributed by atoms with van der Waals surface area (Å²) in [6.07, 6.45) is 1.07. The second-order valence-corrected chi connectivity index (χ2v) is 4.74. The summed E-state index contributed by atoms with van der Waals surface area (Å²) >= 11 is 0. The van der Waals surface area contributed by atoms with Crippen LogP contribution in [0.3, 0.4) is 0 Å². The molecule has 1 heterocycles. The Morgan fingerprint density at radius 2 is 2.16 bits per heavy atom. The van der Waals surface area contributed by atoms with E-state index in [4.69, 9.17) is 10.5 Å². The zero-order valence-electron chi connectivity index (χ0n) is 10.5. The van der Waals surface area contributed by atoms with E-state index in [-0.39, 0.29) is 17.9 Å². The van der Waals surface area contributed by atoms with Crippen molar-refractivity contribution >= 4 is 11.6 Å². The summed E-state index contributed by atoms with van der Waals surface area (Å²) in [7, 11) is 0. The van der Waals surface area contributed by atoms with Crippen molar-refractivity contribution in [2.75, 3.05) is 25.6 Å². The molecule has 19 heavy (non-hydrogen) atoms. The minimum Gasteiger partial charge on any atom is -0.396 e. The summed E-state index contributed by atoms with van der Waals surface area (Å²) in [5.41, 5.74) is 4.86. The van der Waals surface area contributed by atoms with Gasteiger partial charge in [0.1, 0.15) is 5.82 Å². The molecule has 0 unspecified atom stereocenters. The van der Waals surface area contributed by atoms with E-state index in [0.717, 1.165) is 6.07 Å². The lowest BCUT2D eigenvalue weighted by molar-refractivity contribution is 0.0125. The number of aliphatic hydroxyl groups excluding tert-OH is 1. The van der Waals surface area contributed by atoms with Gasteiger partial charge in [0.25, 0.3) is 5.91 Å². The summed E-state index contributed by atoms with van der Waals surface area (Å²) in [6.45, 7) is 0.799. The van der Waals surface area contributed by atoms with Crippen LogP contribution in [0.1, 0.15) is 23.2 Å². The van der Waals surface area contributed by atoms with E-state index in [1.54, 1.807) is 0 Å². The molecule has 1 aromatic rings. The third kappa shape index (κ3) is 3.02. The van der Waals surface area contributed by atoms with E-state index in [9.17, 15) is 14.3 Å². The molecule has 2 rings (SSSR count). The second kappa shape index (κ2) is 5.54. The van der Waals surface area contributed by atoms with Crippen molar-refractivity contribution in [2.45, 2.75) is 18.4 Å². The molecule has 0 aliphatic carbocycles. The average molecular weight is 268 g/mol. The van der Waals surface area contributed by atoms with Crippen molar-refractivity contribution in [3.8, 4) is 0 Å². The van der Waals surface area contributed by atoms with Crippen LogP contribution in [-0.4, -0.2) is 36.4 Å². The second-order valence-electron chi connectivity index (χ2n) is 4.74. The number of nitrogen functional groups attached to an aromatic ring is 1. The summed E-state index contributed by atoms with van der Waals surface area (Å²) in [5.74, 6) is -1.05. The molecule has 0 aromatic heterocycles. The zero-order chi connectivity index (χ0) is 13.9. The Kier molecular flexibility index (Phi) is 4.01. The zero-order valence-corrected chi connectivity index (χ0v) is 10.5. The molecule has 1 aliphatic heterocycles. The van der Waals surface area contributed by atoms with Crippen molar-refractivity contribution in [3.05, 3.63) is 29.6 Å². The Bertz CT molecular complexity index is 473. The van der Waals surface area contributed by atoms with Crippen LogP contribution in [0.4, 0.5) is 10.1 Å². The summed E-state index contributed by atoms with van der Waals surface area (Å²) in [6, 6.07) is 3.90. The molecule has 5 nitrogen and oxygen atoms in total. The number of rotatable bonds is 3. The van der Waals surface area contributed by atoms with E-state index in [2.05, 4.69) is 5.32 Å². The number of ether oxygens (including phenoxy) is 1. The fraction of sp³-hybridized carbons (Fsp3) is 0.462. The standard InChI is InChI=1S/C13H17FN2O3/c14-10-7-9(1-2-11(10)15)12(18)16-13(8-17)3-5-19-6-4-13/h1-2,7,17H,3-6,8,15H2,(H,16,18). The third-order valence-electron chi connectivity index (χ3n) is 3.39. The van der Waals surface area contributed by atoms with Crippen LogP contribution in [-0.2, 0) is 4.74 Å². The highest BCUT2D eigenvalue weighted by Crippen LogP contribution is 2.21. The summed E-state index contributed by atoms with van der Waals surface area (Å²) in [4.78, 5) is 12.1. The van der Waals surface area contributed by atoms with E-state index >= 15 is 0 Å². The molecule has 1 aliphatic rings. The fourth-order valence-electron chi connectivity index (χ4n) is 2.07. The van der Waals surface area contributed by atoms with Gasteiger partial charge in [-0.05, 0) is 31.0 Å². The highest BCUT2D eigenvalue weighted by atomic mass is 19.1. The number of carbonyl (C=O) groups is 1. The van der Waals surface area contributed by atoms with Gasteiger partial charge in [-0.1, -0.05) is 0 Å². The van der Waals surface area contributed by atoms with Gasteiger partial charge in [0.2, 0.25) is 0 Å². The third-order valence-corrected chi connectivity index (χ3v) is 3.39. The molecule has 0 saturated carbocycles. The van der Waals surface area contributed by atoms with Crippen LogP contribution in [0.25, 0.3) is 0 Å². The lowest BCUT2D eigenvalue weighted by Gasteiger charge is -2.36. The molecule has 0 bridgehead atoms. The first-order valence-electron chi connectivity index (χ1n) is 6.12. The van der Waals surface area contributed by atoms with Crippen LogP contribution < -0.4 is 11.1 Å². The Balaban J connectivity index is 2.12. The van der Waals surface area contributed by atoms with Gasteiger partial charge in [0.15, 0.2) is 0 Å². The number of nitrogens with one attached hydrogen (secondary N) is 1. The first-order chi connectivity index (χ1) is 9.06. The minimum atomic E-state index is -0.687. The largest absolute Gasteiger partial charge is 0.396 e. The van der Waals surface area contributed by atoms with E-state index in [1.807, 2.05) is 0 Å². The normalized spacial score (nSPS) is 18.0. The molecule has 1 saturated heterocycles. The molecule has 104 valence electrons. The highest BCUT2D eigenvalue weighted by molar-refractivity contribution is 5.95. The van der Waals surface area contributed by atoms with Crippen LogP contribution >= 0.6 is 0 Å². The number of hydrogen-bond donors (Lipinski definition) is 3. The first kappa shape index (κ1) is 13.8. The molecule has 4 N–H and O–H groups in total. The van der Waals surface area contributed by atoms with Gasteiger partial charge in [0.05, 0.1) is 17.8 Å². The van der Waals surface area contributed by atoms with E-state index < -0.39 is 17.3 Å². The fourth-order valence-corrected chi connectivity index (χ4v) is 2.07. The number of benzene rings is 1. The summed E-state index contributed by atoms with van der Waals surface area (Å²) in [5, 5.41) is 12.2. The first-order valence-corrected chi connectivity index (χ1v) is 6.12. The van der Waals surface area contributed by atoms with Crippen LogP contribution in [0.15, 0.2) is 18.2 Å². The van der Waals surface area contributed by atoms with Gasteiger partial charge < -0.3 is 20.9 Å². The van der Waals surface area contributed by atoms with Crippen molar-refractivity contribution in [1.29, 1.82) is 0 Å². The van der Waals surface area contributed by atoms with Crippen molar-refractivity contribution in [1.82, 2.24) is 5.32 Å². The lowest BCUT2D eigenvalue weighted by Crippen LogP contribution is -2.54.